The molecule has 1 fully saturated rings. The fourth-order valence-corrected chi connectivity index (χ4v) is 1.82. The third-order valence-electron chi connectivity index (χ3n) is 2.56. The van der Waals surface area contributed by atoms with Crippen molar-refractivity contribution in [2.24, 2.45) is 0 Å². The molecule has 1 rings (SSSR count). The molecule has 1 saturated carbocycles. The molecular formula is C14H26NO2+. The van der Waals surface area contributed by atoms with E-state index in [2.05, 4.69) is 6.92 Å². The van der Waals surface area contributed by atoms with Gasteiger partial charge in [-0.3, -0.25) is 4.84 Å². The zero-order valence-corrected chi connectivity index (χ0v) is 11.8. The minimum absolute atomic E-state index is 0.412. The first-order valence-corrected chi connectivity index (χ1v) is 6.45. The van der Waals surface area contributed by atoms with E-state index in [9.17, 15) is 5.11 Å². The Bertz CT molecular complexity index is 310. The average Bonchev–Trinajstić information content (AvgIpc) is 2.82. The number of nitrogens with zero attached hydrogens (tertiary/aromatic N) is 1. The summed E-state index contributed by atoms with van der Waals surface area (Å²) in [6, 6.07) is 0. The maximum atomic E-state index is 9.54. The fraction of sp³-hybridized carbons (Fsp3) is 0.643. The zero-order valence-electron chi connectivity index (χ0n) is 11.8. The van der Waals surface area contributed by atoms with Gasteiger partial charge in [-0.15, -0.1) is 0 Å². The molecule has 0 aromatic heterocycles. The summed E-state index contributed by atoms with van der Waals surface area (Å²) in [5.41, 5.74) is 2.11. The zero-order chi connectivity index (χ0) is 13.3. The molecule has 0 bridgehead atoms. The second-order valence-corrected chi connectivity index (χ2v) is 3.67. The molecular weight excluding hydrogens is 214 g/mol. The van der Waals surface area contributed by atoms with Crippen molar-refractivity contribution in [3.8, 4) is 0 Å². The summed E-state index contributed by atoms with van der Waals surface area (Å²) in [4.78, 5) is 5.28. The highest BCUT2D eigenvalue weighted by atomic mass is 16.6. The Morgan fingerprint density at radius 3 is 2.53 bits per heavy atom. The predicted octanol–water partition coefficient (Wildman–Crippen LogP) is 3.97. The predicted molar refractivity (Wildman–Crippen MR) is 72.2 cm³/mol. The lowest BCUT2D eigenvalue weighted by atomic mass is 10.2. The van der Waals surface area contributed by atoms with Crippen LogP contribution >= 0.6 is 0 Å². The van der Waals surface area contributed by atoms with E-state index in [0.29, 0.717) is 5.76 Å². The van der Waals surface area contributed by atoms with E-state index in [1.165, 1.54) is 0 Å². The number of aliphatic hydroxyl groups is 1. The highest BCUT2D eigenvalue weighted by molar-refractivity contribution is 5.98. The highest BCUT2D eigenvalue weighted by Crippen LogP contribution is 2.24. The third kappa shape index (κ3) is 4.63. The summed E-state index contributed by atoms with van der Waals surface area (Å²) in [5, 5.41) is 9.54. The molecule has 0 aliphatic heterocycles. The Kier molecular flexibility index (Phi) is 8.20. The van der Waals surface area contributed by atoms with E-state index < -0.39 is 0 Å². The van der Waals surface area contributed by atoms with Gasteiger partial charge in [0.1, 0.15) is 7.11 Å². The third-order valence-corrected chi connectivity index (χ3v) is 2.56. The van der Waals surface area contributed by atoms with Crippen molar-refractivity contribution in [3.63, 3.8) is 0 Å². The summed E-state index contributed by atoms with van der Waals surface area (Å²) in [7, 11) is 1.65. The number of hydroxylamine groups is 1. The molecule has 3 heteroatoms. The Morgan fingerprint density at radius 1 is 1.41 bits per heavy atom. The summed E-state index contributed by atoms with van der Waals surface area (Å²) in [6.45, 7) is 7.82. The van der Waals surface area contributed by atoms with Gasteiger partial charge in [0.15, 0.2) is 0 Å². The van der Waals surface area contributed by atoms with Gasteiger partial charge in [-0.05, 0) is 32.3 Å². The molecule has 0 amide bonds. The molecule has 0 saturated heterocycles. The Morgan fingerprint density at radius 2 is 2.06 bits per heavy atom. The molecule has 0 aromatic carbocycles. The Hall–Kier alpha value is -1.25. The summed E-state index contributed by atoms with van der Waals surface area (Å²) in [6.07, 6.45) is 7.93. The molecule has 0 heterocycles. The van der Waals surface area contributed by atoms with Crippen molar-refractivity contribution in [3.05, 3.63) is 23.6 Å². The first-order valence-electron chi connectivity index (χ1n) is 6.45. The second kappa shape index (κ2) is 8.85. The monoisotopic (exact) mass is 240 g/mol. The number of hydrogen-bond acceptors (Lipinski definition) is 2. The molecule has 0 atom stereocenters. The summed E-state index contributed by atoms with van der Waals surface area (Å²) in [5.74, 6) is 0.412. The first-order chi connectivity index (χ1) is 8.20. The summed E-state index contributed by atoms with van der Waals surface area (Å²) < 4.78 is 1.76. The van der Waals surface area contributed by atoms with E-state index >= 15 is 0 Å². The van der Waals surface area contributed by atoms with Crippen LogP contribution in [0.1, 0.15) is 53.4 Å². The molecule has 1 aliphatic carbocycles. The topological polar surface area (TPSA) is 32.5 Å². The van der Waals surface area contributed by atoms with Crippen LogP contribution in [0, 0.1) is 0 Å². The van der Waals surface area contributed by atoms with Crippen molar-refractivity contribution in [2.45, 2.75) is 53.4 Å². The molecule has 0 spiro atoms. The van der Waals surface area contributed by atoms with E-state index in [0.717, 1.165) is 37.0 Å². The van der Waals surface area contributed by atoms with Crippen LogP contribution in [0.4, 0.5) is 0 Å². The molecule has 0 aromatic rings. The van der Waals surface area contributed by atoms with Crippen LogP contribution < -0.4 is 0 Å². The van der Waals surface area contributed by atoms with Crippen molar-refractivity contribution in [2.75, 3.05) is 7.11 Å². The molecule has 3 nitrogen and oxygen atoms in total. The number of allylic oxidation sites excluding steroid dienone is 3. The van der Waals surface area contributed by atoms with Crippen molar-refractivity contribution in [1.82, 2.24) is 0 Å². The molecule has 1 N–H and O–H groups in total. The molecule has 0 unspecified atom stereocenters. The maximum Gasteiger partial charge on any atom is 0.240 e. The maximum absolute atomic E-state index is 9.54. The van der Waals surface area contributed by atoms with Crippen molar-refractivity contribution in [1.29, 1.82) is 0 Å². The number of rotatable bonds is 3. The minimum atomic E-state index is 0.412. The smallest absolute Gasteiger partial charge is 0.240 e. The van der Waals surface area contributed by atoms with Crippen LogP contribution in [0.25, 0.3) is 0 Å². The van der Waals surface area contributed by atoms with Crippen LogP contribution in [-0.2, 0) is 4.84 Å². The van der Waals surface area contributed by atoms with Gasteiger partial charge in [0.25, 0.3) is 0 Å². The van der Waals surface area contributed by atoms with Crippen molar-refractivity contribution >= 4 is 5.71 Å². The van der Waals surface area contributed by atoms with E-state index in [-0.39, 0.29) is 0 Å². The van der Waals surface area contributed by atoms with Crippen LogP contribution in [0.3, 0.4) is 0 Å². The van der Waals surface area contributed by atoms with Gasteiger partial charge >= 0.3 is 0 Å². The molecule has 98 valence electrons. The molecule has 0 radical (unpaired) electrons. The lowest BCUT2D eigenvalue weighted by molar-refractivity contribution is -0.732. The van der Waals surface area contributed by atoms with Gasteiger partial charge in [0.05, 0.1) is 11.3 Å². The fourth-order valence-electron chi connectivity index (χ4n) is 1.82. The normalized spacial score (nSPS) is 21.0. The molecule has 17 heavy (non-hydrogen) atoms. The largest absolute Gasteiger partial charge is 0.512 e. The number of hydrogen-bond donors (Lipinski definition) is 1. The Balaban J connectivity index is 0.00000121. The van der Waals surface area contributed by atoms with Crippen LogP contribution in [0.15, 0.2) is 23.6 Å². The van der Waals surface area contributed by atoms with Gasteiger partial charge < -0.3 is 5.11 Å². The molecule has 1 aliphatic rings. The Labute approximate surface area is 105 Å². The van der Waals surface area contributed by atoms with Crippen LogP contribution in [-0.4, -0.2) is 22.7 Å². The van der Waals surface area contributed by atoms with Gasteiger partial charge in [-0.2, -0.15) is 0 Å². The van der Waals surface area contributed by atoms with Crippen molar-refractivity contribution < 1.29 is 14.7 Å². The second-order valence-electron chi connectivity index (χ2n) is 3.67. The SMILES string of the molecule is CC.CC/C=C/[N+](OC)=C1/CCC/C1=C(/C)O. The van der Waals surface area contributed by atoms with Crippen LogP contribution in [0.5, 0.6) is 0 Å². The van der Waals surface area contributed by atoms with Gasteiger partial charge in [-0.1, -0.05) is 20.8 Å². The quantitative estimate of drug-likeness (QED) is 0.460. The number of aliphatic hydroxyl groups excluding tert-OH is 1. The van der Waals surface area contributed by atoms with E-state index in [1.54, 1.807) is 18.8 Å². The van der Waals surface area contributed by atoms with Crippen LogP contribution in [0.2, 0.25) is 0 Å². The lowest BCUT2D eigenvalue weighted by Crippen LogP contribution is -2.15. The summed E-state index contributed by atoms with van der Waals surface area (Å²) >= 11 is 0. The minimum Gasteiger partial charge on any atom is -0.512 e. The average molecular weight is 240 g/mol. The van der Waals surface area contributed by atoms with Gasteiger partial charge in [0, 0.05) is 11.2 Å². The van der Waals surface area contributed by atoms with E-state index in [1.807, 2.05) is 26.1 Å². The van der Waals surface area contributed by atoms with E-state index in [4.69, 9.17) is 4.84 Å². The standard InChI is InChI=1S/C12H19NO2.C2H6/c1-4-5-9-13(15-3)12-8-6-7-11(12)10(2)14;1-2/h5,9H,4,6-8H2,1-3H3;1-2H3/p+1/b9-5+;. The highest BCUT2D eigenvalue weighted by Gasteiger charge is 2.27. The lowest BCUT2D eigenvalue weighted by Gasteiger charge is -2.00. The van der Waals surface area contributed by atoms with Gasteiger partial charge in [0.2, 0.25) is 11.9 Å². The van der Waals surface area contributed by atoms with Gasteiger partial charge in [-0.25, -0.2) is 0 Å². The first kappa shape index (κ1) is 15.8.